The Balaban J connectivity index is 1.99. The second kappa shape index (κ2) is 4.56. The molecular formula is C14H12S2. The van der Waals surface area contributed by atoms with Crippen molar-refractivity contribution in [3.05, 3.63) is 59.7 Å². The van der Waals surface area contributed by atoms with Crippen LogP contribution in [0.25, 0.3) is 0 Å². The highest BCUT2D eigenvalue weighted by atomic mass is 32.2. The van der Waals surface area contributed by atoms with Crippen LogP contribution in [0.5, 0.6) is 0 Å². The Morgan fingerprint density at radius 1 is 0.625 bits per heavy atom. The molecule has 0 amide bonds. The number of hydrogen-bond donors (Lipinski definition) is 0. The molecule has 80 valence electrons. The molecule has 2 aromatic carbocycles. The Hall–Kier alpha value is -0.860. The van der Waals surface area contributed by atoms with Gasteiger partial charge in [0.05, 0.1) is 0 Å². The molecule has 0 aromatic heterocycles. The molecule has 0 N–H and O–H groups in total. The van der Waals surface area contributed by atoms with Crippen molar-refractivity contribution in [2.24, 2.45) is 0 Å². The van der Waals surface area contributed by atoms with Crippen molar-refractivity contribution in [1.29, 1.82) is 0 Å². The number of thioether (sulfide) groups is 2. The van der Waals surface area contributed by atoms with Crippen LogP contribution in [0.2, 0.25) is 0 Å². The lowest BCUT2D eigenvalue weighted by Crippen LogP contribution is -1.92. The molecule has 16 heavy (non-hydrogen) atoms. The van der Waals surface area contributed by atoms with Crippen molar-refractivity contribution in [3.63, 3.8) is 0 Å². The van der Waals surface area contributed by atoms with E-state index in [4.69, 9.17) is 0 Å². The molecule has 0 nitrogen and oxygen atoms in total. The van der Waals surface area contributed by atoms with Crippen LogP contribution in [0, 0.1) is 0 Å². The van der Waals surface area contributed by atoms with Crippen molar-refractivity contribution in [2.75, 3.05) is 0 Å². The summed E-state index contributed by atoms with van der Waals surface area (Å²) in [4.78, 5) is 2.72. The highest BCUT2D eigenvalue weighted by Crippen LogP contribution is 2.32. The van der Waals surface area contributed by atoms with Crippen LogP contribution in [-0.4, -0.2) is 0 Å². The van der Waals surface area contributed by atoms with Crippen molar-refractivity contribution in [3.8, 4) is 0 Å². The third-order valence-corrected chi connectivity index (χ3v) is 4.85. The first-order chi connectivity index (χ1) is 7.92. The van der Waals surface area contributed by atoms with E-state index in [1.807, 2.05) is 23.5 Å². The predicted octanol–water partition coefficient (Wildman–Crippen LogP) is 4.58. The van der Waals surface area contributed by atoms with E-state index in [9.17, 15) is 0 Å². The molecule has 2 aromatic rings. The molecule has 2 heteroatoms. The Labute approximate surface area is 104 Å². The van der Waals surface area contributed by atoms with E-state index >= 15 is 0 Å². The zero-order valence-electron chi connectivity index (χ0n) is 8.85. The normalized spacial score (nSPS) is 14.5. The first-order valence-corrected chi connectivity index (χ1v) is 7.31. The summed E-state index contributed by atoms with van der Waals surface area (Å²) in [5, 5.41) is 0. The molecule has 2 bridgehead atoms. The molecule has 0 saturated carbocycles. The Morgan fingerprint density at radius 2 is 1.06 bits per heavy atom. The van der Waals surface area contributed by atoms with Crippen LogP contribution in [0.3, 0.4) is 0 Å². The van der Waals surface area contributed by atoms with Crippen molar-refractivity contribution < 1.29 is 0 Å². The van der Waals surface area contributed by atoms with Gasteiger partial charge in [-0.3, -0.25) is 0 Å². The molecule has 0 unspecified atom stereocenters. The molecule has 0 saturated heterocycles. The molecule has 0 atom stereocenters. The fourth-order valence-corrected chi connectivity index (χ4v) is 3.66. The Kier molecular flexibility index (Phi) is 2.94. The van der Waals surface area contributed by atoms with E-state index in [0.29, 0.717) is 0 Å². The molecule has 0 radical (unpaired) electrons. The number of hydrogen-bond acceptors (Lipinski definition) is 2. The second-order valence-electron chi connectivity index (χ2n) is 3.82. The minimum Gasteiger partial charge on any atom is -0.121 e. The second-order valence-corrected chi connectivity index (χ2v) is 5.91. The van der Waals surface area contributed by atoms with E-state index in [2.05, 4.69) is 48.5 Å². The maximum atomic E-state index is 2.25. The molecule has 2 heterocycles. The maximum absolute atomic E-state index is 2.25. The number of rotatable bonds is 0. The van der Waals surface area contributed by atoms with Gasteiger partial charge < -0.3 is 0 Å². The summed E-state index contributed by atoms with van der Waals surface area (Å²) in [7, 11) is 0. The van der Waals surface area contributed by atoms with Crippen LogP contribution in [0.1, 0.15) is 11.1 Å². The third kappa shape index (κ3) is 2.13. The van der Waals surface area contributed by atoms with Gasteiger partial charge in [-0.05, 0) is 35.4 Å². The SMILES string of the molecule is c1ccc2c(c1)CSc1ccc(cc1)SC2. The summed E-state index contributed by atoms with van der Waals surface area (Å²) in [6, 6.07) is 17.7. The van der Waals surface area contributed by atoms with Gasteiger partial charge in [-0.1, -0.05) is 24.3 Å². The van der Waals surface area contributed by atoms with E-state index < -0.39 is 0 Å². The van der Waals surface area contributed by atoms with Gasteiger partial charge in [-0.2, -0.15) is 0 Å². The quantitative estimate of drug-likeness (QED) is 0.665. The van der Waals surface area contributed by atoms with Crippen molar-refractivity contribution in [2.45, 2.75) is 21.3 Å². The van der Waals surface area contributed by atoms with E-state index in [0.717, 1.165) is 11.5 Å². The molecule has 2 aliphatic rings. The highest BCUT2D eigenvalue weighted by molar-refractivity contribution is 7.99. The van der Waals surface area contributed by atoms with E-state index in [1.54, 1.807) is 0 Å². The smallest absolute Gasteiger partial charge is 0.0235 e. The number of benzene rings is 2. The van der Waals surface area contributed by atoms with Crippen LogP contribution in [0.4, 0.5) is 0 Å². The molecule has 0 aliphatic carbocycles. The van der Waals surface area contributed by atoms with Gasteiger partial charge >= 0.3 is 0 Å². The summed E-state index contributed by atoms with van der Waals surface area (Å²) >= 11 is 3.84. The zero-order valence-corrected chi connectivity index (χ0v) is 10.5. The first kappa shape index (κ1) is 10.3. The van der Waals surface area contributed by atoms with E-state index in [1.165, 1.54) is 20.9 Å². The zero-order chi connectivity index (χ0) is 10.8. The molecule has 0 fully saturated rings. The lowest BCUT2D eigenvalue weighted by Gasteiger charge is -2.12. The van der Waals surface area contributed by atoms with Gasteiger partial charge in [0, 0.05) is 21.3 Å². The lowest BCUT2D eigenvalue weighted by atomic mass is 10.1. The topological polar surface area (TPSA) is 0 Å². The summed E-state index contributed by atoms with van der Waals surface area (Å²) < 4.78 is 0. The molecule has 0 spiro atoms. The standard InChI is InChI=1S/C14H12S2/c1-2-4-12-10-16-14-7-5-13(6-8-14)15-9-11(12)3-1/h1-8H,9-10H2. The summed E-state index contributed by atoms with van der Waals surface area (Å²) in [6.45, 7) is 0. The predicted molar refractivity (Wildman–Crippen MR) is 72.0 cm³/mol. The lowest BCUT2D eigenvalue weighted by molar-refractivity contribution is 1.25. The van der Waals surface area contributed by atoms with Crippen LogP contribution in [-0.2, 0) is 11.5 Å². The third-order valence-electron chi connectivity index (χ3n) is 2.73. The van der Waals surface area contributed by atoms with Gasteiger partial charge in [0.1, 0.15) is 0 Å². The molecular weight excluding hydrogens is 232 g/mol. The highest BCUT2D eigenvalue weighted by Gasteiger charge is 2.06. The minimum atomic E-state index is 1.08. The molecule has 2 aliphatic heterocycles. The fraction of sp³-hybridized carbons (Fsp3) is 0.143. The minimum absolute atomic E-state index is 1.08. The largest absolute Gasteiger partial charge is 0.121 e. The maximum Gasteiger partial charge on any atom is 0.0235 e. The summed E-state index contributed by atoms with van der Waals surface area (Å²) in [6.07, 6.45) is 0. The van der Waals surface area contributed by atoms with Crippen molar-refractivity contribution >= 4 is 23.5 Å². The van der Waals surface area contributed by atoms with Crippen LogP contribution < -0.4 is 0 Å². The Morgan fingerprint density at radius 3 is 1.50 bits per heavy atom. The molecule has 4 rings (SSSR count). The Bertz CT molecular complexity index is 442. The van der Waals surface area contributed by atoms with Gasteiger partial charge in [-0.15, -0.1) is 23.5 Å². The first-order valence-electron chi connectivity index (χ1n) is 5.34. The van der Waals surface area contributed by atoms with Gasteiger partial charge in [0.25, 0.3) is 0 Å². The average Bonchev–Trinajstić information content (AvgIpc) is 2.37. The monoisotopic (exact) mass is 244 g/mol. The van der Waals surface area contributed by atoms with Crippen LogP contribution in [0.15, 0.2) is 58.3 Å². The van der Waals surface area contributed by atoms with Gasteiger partial charge in [0.15, 0.2) is 0 Å². The average molecular weight is 244 g/mol. The van der Waals surface area contributed by atoms with Crippen molar-refractivity contribution in [1.82, 2.24) is 0 Å². The fourth-order valence-electron chi connectivity index (χ4n) is 1.79. The number of fused-ring (bicyclic) bond motifs is 4. The van der Waals surface area contributed by atoms with Gasteiger partial charge in [0.2, 0.25) is 0 Å². The summed E-state index contributed by atoms with van der Waals surface area (Å²) in [5.41, 5.74) is 2.95. The van der Waals surface area contributed by atoms with Gasteiger partial charge in [-0.25, -0.2) is 0 Å². The van der Waals surface area contributed by atoms with E-state index in [-0.39, 0.29) is 0 Å². The van der Waals surface area contributed by atoms with Crippen LogP contribution >= 0.6 is 23.5 Å². The summed E-state index contributed by atoms with van der Waals surface area (Å²) in [5.74, 6) is 2.16.